The van der Waals surface area contributed by atoms with Crippen molar-refractivity contribution < 1.29 is 9.53 Å². The Bertz CT molecular complexity index is 355. The molecule has 0 amide bonds. The maximum absolute atomic E-state index is 11.8. The third-order valence-electron chi connectivity index (χ3n) is 2.72. The van der Waals surface area contributed by atoms with Crippen LogP contribution in [0.5, 0.6) is 0 Å². The number of rotatable bonds is 8. The zero-order valence-corrected chi connectivity index (χ0v) is 11.9. The molecule has 17 heavy (non-hydrogen) atoms. The van der Waals surface area contributed by atoms with Gasteiger partial charge in [-0.2, -0.15) is 0 Å². The summed E-state index contributed by atoms with van der Waals surface area (Å²) in [6, 6.07) is 1.96. The van der Waals surface area contributed by atoms with Gasteiger partial charge in [0.15, 0.2) is 5.78 Å². The van der Waals surface area contributed by atoms with Gasteiger partial charge in [0.25, 0.3) is 0 Å². The molecule has 96 valence electrons. The van der Waals surface area contributed by atoms with Crippen molar-refractivity contribution in [3.8, 4) is 0 Å². The fraction of sp³-hybridized carbons (Fsp3) is 0.643. The largest absolute Gasteiger partial charge is 0.373 e. The molecule has 0 radical (unpaired) electrons. The molecule has 1 rings (SSSR count). The van der Waals surface area contributed by atoms with E-state index < -0.39 is 0 Å². The van der Waals surface area contributed by atoms with Crippen LogP contribution in [0, 0.1) is 13.8 Å². The molecule has 0 unspecified atom stereocenters. The Morgan fingerprint density at radius 2 is 2.06 bits per heavy atom. The van der Waals surface area contributed by atoms with E-state index in [0.29, 0.717) is 6.61 Å². The summed E-state index contributed by atoms with van der Waals surface area (Å²) in [7, 11) is 0. The summed E-state index contributed by atoms with van der Waals surface area (Å²) in [6.45, 7) is 7.13. The van der Waals surface area contributed by atoms with Crippen LogP contribution in [0.1, 0.15) is 52.7 Å². The average Bonchev–Trinajstić information content (AvgIpc) is 2.62. The highest BCUT2D eigenvalue weighted by Crippen LogP contribution is 2.20. The highest BCUT2D eigenvalue weighted by Gasteiger charge is 2.11. The van der Waals surface area contributed by atoms with Crippen LogP contribution < -0.4 is 0 Å². The maximum Gasteiger partial charge on any atom is 0.189 e. The van der Waals surface area contributed by atoms with E-state index in [1.807, 2.05) is 19.9 Å². The maximum atomic E-state index is 11.8. The van der Waals surface area contributed by atoms with Crippen molar-refractivity contribution in [1.29, 1.82) is 0 Å². The van der Waals surface area contributed by atoms with Crippen molar-refractivity contribution in [2.45, 2.75) is 46.5 Å². The van der Waals surface area contributed by atoms with Crippen LogP contribution in [-0.2, 0) is 4.74 Å². The molecule has 0 aliphatic carbocycles. The van der Waals surface area contributed by atoms with Gasteiger partial charge in [-0.05, 0) is 26.3 Å². The molecule has 0 fully saturated rings. The third kappa shape index (κ3) is 5.00. The Labute approximate surface area is 108 Å². The van der Waals surface area contributed by atoms with E-state index in [1.54, 1.807) is 11.3 Å². The lowest BCUT2D eigenvalue weighted by atomic mass is 10.2. The molecule has 0 aromatic carbocycles. The van der Waals surface area contributed by atoms with Gasteiger partial charge in [0.2, 0.25) is 0 Å². The van der Waals surface area contributed by atoms with Crippen LogP contribution in [0.2, 0.25) is 0 Å². The number of unbranched alkanes of at least 4 members (excludes halogenated alkanes) is 3. The Kier molecular flexibility index (Phi) is 6.45. The number of ketones is 1. The first-order chi connectivity index (χ1) is 8.15. The quantitative estimate of drug-likeness (QED) is 0.514. The van der Waals surface area contributed by atoms with Crippen LogP contribution in [0.25, 0.3) is 0 Å². The van der Waals surface area contributed by atoms with E-state index in [4.69, 9.17) is 4.74 Å². The van der Waals surface area contributed by atoms with Crippen LogP contribution in [0.15, 0.2) is 6.07 Å². The molecular formula is C14H22O2S. The number of carbonyl (C=O) groups excluding carboxylic acids is 1. The highest BCUT2D eigenvalue weighted by atomic mass is 32.1. The van der Waals surface area contributed by atoms with Crippen LogP contribution in [0.3, 0.4) is 0 Å². The predicted molar refractivity (Wildman–Crippen MR) is 73.1 cm³/mol. The predicted octanol–water partition coefficient (Wildman–Crippen LogP) is 4.14. The SMILES string of the molecule is CCCCCCOCC(=O)c1cc(C)sc1C. The normalized spacial score (nSPS) is 10.8. The summed E-state index contributed by atoms with van der Waals surface area (Å²) < 4.78 is 5.42. The van der Waals surface area contributed by atoms with E-state index in [-0.39, 0.29) is 12.4 Å². The van der Waals surface area contributed by atoms with E-state index in [1.165, 1.54) is 24.1 Å². The molecule has 1 aromatic rings. The smallest absolute Gasteiger partial charge is 0.189 e. The van der Waals surface area contributed by atoms with Gasteiger partial charge in [-0.1, -0.05) is 26.2 Å². The van der Waals surface area contributed by atoms with Gasteiger partial charge < -0.3 is 4.74 Å². The number of aryl methyl sites for hydroxylation is 2. The summed E-state index contributed by atoms with van der Waals surface area (Å²) >= 11 is 1.67. The van der Waals surface area contributed by atoms with E-state index in [2.05, 4.69) is 6.92 Å². The van der Waals surface area contributed by atoms with Gasteiger partial charge in [0.1, 0.15) is 6.61 Å². The highest BCUT2D eigenvalue weighted by molar-refractivity contribution is 7.12. The fourth-order valence-electron chi connectivity index (χ4n) is 1.78. The first kappa shape index (κ1) is 14.4. The molecule has 0 spiro atoms. The monoisotopic (exact) mass is 254 g/mol. The van der Waals surface area contributed by atoms with Gasteiger partial charge in [0.05, 0.1) is 0 Å². The second-order valence-corrected chi connectivity index (χ2v) is 5.82. The van der Waals surface area contributed by atoms with Crippen LogP contribution in [0.4, 0.5) is 0 Å². The molecule has 0 aliphatic heterocycles. The molecule has 0 bridgehead atoms. The topological polar surface area (TPSA) is 26.3 Å². The average molecular weight is 254 g/mol. The molecule has 1 aromatic heterocycles. The van der Waals surface area contributed by atoms with Crippen LogP contribution in [-0.4, -0.2) is 19.0 Å². The molecule has 2 nitrogen and oxygen atoms in total. The lowest BCUT2D eigenvalue weighted by Crippen LogP contribution is -2.10. The fourth-order valence-corrected chi connectivity index (χ4v) is 2.72. The first-order valence-electron chi connectivity index (χ1n) is 6.33. The summed E-state index contributed by atoms with van der Waals surface area (Å²) in [5, 5.41) is 0. The second-order valence-electron chi connectivity index (χ2n) is 4.36. The van der Waals surface area contributed by atoms with E-state index >= 15 is 0 Å². The standard InChI is InChI=1S/C14H22O2S/c1-4-5-6-7-8-16-10-14(15)13-9-11(2)17-12(13)3/h9H,4-8,10H2,1-3H3. The Morgan fingerprint density at radius 3 is 2.65 bits per heavy atom. The molecule has 1 heterocycles. The van der Waals surface area contributed by atoms with Gasteiger partial charge in [0, 0.05) is 21.9 Å². The molecular weight excluding hydrogens is 232 g/mol. The Morgan fingerprint density at radius 1 is 1.29 bits per heavy atom. The molecule has 0 saturated heterocycles. The summed E-state index contributed by atoms with van der Waals surface area (Å²) in [4.78, 5) is 14.1. The van der Waals surface area contributed by atoms with Gasteiger partial charge in [-0.3, -0.25) is 4.79 Å². The van der Waals surface area contributed by atoms with Crippen molar-refractivity contribution in [3.63, 3.8) is 0 Å². The zero-order chi connectivity index (χ0) is 12.7. The Hall–Kier alpha value is -0.670. The van der Waals surface area contributed by atoms with Crippen molar-refractivity contribution in [1.82, 2.24) is 0 Å². The number of ether oxygens (including phenoxy) is 1. The minimum absolute atomic E-state index is 0.113. The molecule has 0 N–H and O–H groups in total. The third-order valence-corrected chi connectivity index (χ3v) is 3.68. The van der Waals surface area contributed by atoms with Crippen LogP contribution >= 0.6 is 11.3 Å². The minimum Gasteiger partial charge on any atom is -0.373 e. The van der Waals surface area contributed by atoms with Gasteiger partial charge in [-0.15, -0.1) is 11.3 Å². The zero-order valence-electron chi connectivity index (χ0n) is 11.0. The lowest BCUT2D eigenvalue weighted by Gasteiger charge is -2.03. The molecule has 0 aliphatic rings. The number of hydrogen-bond donors (Lipinski definition) is 0. The second kappa shape index (κ2) is 7.62. The first-order valence-corrected chi connectivity index (χ1v) is 7.14. The number of carbonyl (C=O) groups is 1. The van der Waals surface area contributed by atoms with Gasteiger partial charge >= 0.3 is 0 Å². The van der Waals surface area contributed by atoms with E-state index in [9.17, 15) is 4.79 Å². The molecule has 0 atom stereocenters. The molecule has 0 saturated carbocycles. The lowest BCUT2D eigenvalue weighted by molar-refractivity contribution is 0.0752. The van der Waals surface area contributed by atoms with Crippen molar-refractivity contribution in [2.24, 2.45) is 0 Å². The Balaban J connectivity index is 2.23. The summed E-state index contributed by atoms with van der Waals surface area (Å²) in [6.07, 6.45) is 4.73. The van der Waals surface area contributed by atoms with Crippen molar-refractivity contribution in [3.05, 3.63) is 21.4 Å². The van der Waals surface area contributed by atoms with Crippen molar-refractivity contribution >= 4 is 17.1 Å². The summed E-state index contributed by atoms with van der Waals surface area (Å²) in [5.41, 5.74) is 0.834. The van der Waals surface area contributed by atoms with Crippen molar-refractivity contribution in [2.75, 3.05) is 13.2 Å². The summed E-state index contributed by atoms with van der Waals surface area (Å²) in [5.74, 6) is 0.113. The number of thiophene rings is 1. The van der Waals surface area contributed by atoms with E-state index in [0.717, 1.165) is 16.9 Å². The molecule has 3 heteroatoms. The minimum atomic E-state index is 0.113. The van der Waals surface area contributed by atoms with Gasteiger partial charge in [-0.25, -0.2) is 0 Å². The number of Topliss-reactive ketones (excluding diaryl/α,β-unsaturated/α-hetero) is 1. The number of hydrogen-bond acceptors (Lipinski definition) is 3.